The second kappa shape index (κ2) is 8.35. The molecule has 0 unspecified atom stereocenters. The lowest BCUT2D eigenvalue weighted by Gasteiger charge is -2.12. The number of benzene rings is 2. The van der Waals surface area contributed by atoms with E-state index >= 15 is 0 Å². The van der Waals surface area contributed by atoms with Gasteiger partial charge in [-0.05, 0) is 55.0 Å². The summed E-state index contributed by atoms with van der Waals surface area (Å²) in [7, 11) is -3.03. The topological polar surface area (TPSA) is 151 Å². The van der Waals surface area contributed by atoms with Crippen LogP contribution in [0.5, 0.6) is 5.75 Å². The number of carbonyl (C=O) groups is 1. The summed E-state index contributed by atoms with van der Waals surface area (Å²) in [5.41, 5.74) is 1.39. The lowest BCUT2D eigenvalue weighted by molar-refractivity contribution is -0.669. The Bertz CT molecular complexity index is 1460. The summed E-state index contributed by atoms with van der Waals surface area (Å²) in [5.74, 6) is -1.12. The molecule has 0 spiro atoms. The van der Waals surface area contributed by atoms with Gasteiger partial charge in [-0.25, -0.2) is 0 Å². The normalized spacial score (nSPS) is 11.5. The molecular weight excluding hydrogens is 470 g/mol. The molecular formula is C20H17N5O6S2. The number of hydrogen-bond donors (Lipinski definition) is 1. The van der Waals surface area contributed by atoms with Crippen LogP contribution < -0.4 is 14.5 Å². The zero-order chi connectivity index (χ0) is 23.9. The van der Waals surface area contributed by atoms with E-state index in [4.69, 9.17) is 4.74 Å². The van der Waals surface area contributed by atoms with E-state index in [1.165, 1.54) is 59.6 Å². The Balaban J connectivity index is 1.99. The van der Waals surface area contributed by atoms with Gasteiger partial charge in [-0.2, -0.15) is 8.42 Å². The second-order valence-electron chi connectivity index (χ2n) is 6.90. The Hall–Kier alpha value is -3.68. The number of para-hydroxylation sites is 1. The third-order valence-corrected chi connectivity index (χ3v) is 6.77. The molecule has 0 aliphatic heterocycles. The third kappa shape index (κ3) is 4.08. The standard InChI is InChI=1S/C20H17N5O6S2/c1-11-12(2)32-20(21-11)24-18(15-5-4-6-16(19(26)27)17(15)31-3)22-23-25(24)13-7-9-14(10-8-13)33(28,29)30/h4-10H,1-3H3,(H-,26,27,28,29,30). The molecule has 13 heteroatoms. The number of carboxylic acid groups (broad SMARTS) is 1. The number of aromatic carboxylic acids is 1. The fraction of sp³-hybridized carbons (Fsp3) is 0.150. The number of carboxylic acids is 1. The van der Waals surface area contributed by atoms with Crippen molar-refractivity contribution in [3.8, 4) is 28.0 Å². The van der Waals surface area contributed by atoms with Gasteiger partial charge in [0.05, 0.1) is 28.6 Å². The fourth-order valence-electron chi connectivity index (χ4n) is 3.16. The number of carbonyl (C=O) groups excluding carboxylic acids is 1. The fourth-order valence-corrected chi connectivity index (χ4v) is 4.54. The minimum atomic E-state index is -4.37. The van der Waals surface area contributed by atoms with Crippen molar-refractivity contribution in [2.75, 3.05) is 7.11 Å². The summed E-state index contributed by atoms with van der Waals surface area (Å²) in [6.45, 7) is 3.75. The number of ether oxygens (including phenoxy) is 1. The first-order valence-electron chi connectivity index (χ1n) is 9.41. The summed E-state index contributed by atoms with van der Waals surface area (Å²) in [4.78, 5) is 18.2. The zero-order valence-corrected chi connectivity index (χ0v) is 19.2. The summed E-state index contributed by atoms with van der Waals surface area (Å²) >= 11 is 1.37. The lowest BCUT2D eigenvalue weighted by Crippen LogP contribution is -2.42. The van der Waals surface area contributed by atoms with E-state index < -0.39 is 16.1 Å². The maximum absolute atomic E-state index is 11.6. The Morgan fingerprint density at radius 1 is 1.18 bits per heavy atom. The van der Waals surface area contributed by atoms with Crippen LogP contribution in [0.15, 0.2) is 47.4 Å². The van der Waals surface area contributed by atoms with Crippen LogP contribution in [0, 0.1) is 13.8 Å². The predicted molar refractivity (Wildman–Crippen MR) is 114 cm³/mol. The number of hydrogen-bond acceptors (Lipinski definition) is 9. The van der Waals surface area contributed by atoms with Crippen LogP contribution in [0.2, 0.25) is 0 Å². The van der Waals surface area contributed by atoms with Crippen LogP contribution in [-0.2, 0) is 10.1 Å². The van der Waals surface area contributed by atoms with Gasteiger partial charge in [0.15, 0.2) is 0 Å². The number of thiazole rings is 1. The van der Waals surface area contributed by atoms with Crippen molar-refractivity contribution in [1.29, 1.82) is 0 Å². The first-order chi connectivity index (χ1) is 15.6. The van der Waals surface area contributed by atoms with Gasteiger partial charge in [-0.3, -0.25) is 4.55 Å². The van der Waals surface area contributed by atoms with E-state index in [9.17, 15) is 22.9 Å². The van der Waals surface area contributed by atoms with Crippen LogP contribution in [0.3, 0.4) is 0 Å². The molecule has 0 saturated heterocycles. The maximum atomic E-state index is 11.6. The Morgan fingerprint density at radius 2 is 1.88 bits per heavy atom. The molecule has 0 atom stereocenters. The van der Waals surface area contributed by atoms with Gasteiger partial charge < -0.3 is 14.6 Å². The summed E-state index contributed by atoms with van der Waals surface area (Å²) in [5, 5.41) is 20.5. The number of aromatic nitrogens is 5. The highest BCUT2D eigenvalue weighted by Gasteiger charge is 2.30. The third-order valence-electron chi connectivity index (χ3n) is 4.86. The van der Waals surface area contributed by atoms with E-state index in [1.54, 1.807) is 10.7 Å². The Labute approximate surface area is 192 Å². The van der Waals surface area contributed by atoms with Gasteiger partial charge in [0.25, 0.3) is 10.1 Å². The maximum Gasteiger partial charge on any atom is 0.313 e. The van der Waals surface area contributed by atoms with E-state index in [2.05, 4.69) is 15.3 Å². The number of nitrogens with zero attached hydrogens (tertiary/aromatic N) is 5. The van der Waals surface area contributed by atoms with E-state index in [1.807, 2.05) is 13.8 Å². The minimum absolute atomic E-state index is 0.0463. The summed E-state index contributed by atoms with van der Waals surface area (Å²) < 4.78 is 39.0. The van der Waals surface area contributed by atoms with Crippen molar-refractivity contribution < 1.29 is 32.3 Å². The molecule has 4 aromatic rings. The molecule has 0 radical (unpaired) electrons. The quantitative estimate of drug-likeness (QED) is 0.309. The SMILES string of the molecule is COc1c(C(=O)[O-])cccc1-c1nnn(-c2ccc(S(=O)(=O)O)cc2)[n+]1-c1nc(C)c(C)s1. The number of tetrazole rings is 1. The van der Waals surface area contributed by atoms with Gasteiger partial charge >= 0.3 is 11.0 Å². The summed E-state index contributed by atoms with van der Waals surface area (Å²) in [6, 6.07) is 9.87. The molecule has 33 heavy (non-hydrogen) atoms. The zero-order valence-electron chi connectivity index (χ0n) is 17.6. The molecule has 0 fully saturated rings. The molecule has 0 aliphatic rings. The molecule has 2 aromatic heterocycles. The Morgan fingerprint density at radius 3 is 2.42 bits per heavy atom. The van der Waals surface area contributed by atoms with E-state index in [-0.39, 0.29) is 22.0 Å². The van der Waals surface area contributed by atoms with Gasteiger partial charge in [0, 0.05) is 10.4 Å². The first-order valence-corrected chi connectivity index (χ1v) is 11.7. The smallest absolute Gasteiger partial charge is 0.313 e. The largest absolute Gasteiger partial charge is 0.545 e. The van der Waals surface area contributed by atoms with Crippen LogP contribution in [-0.4, -0.2) is 46.1 Å². The molecule has 170 valence electrons. The van der Waals surface area contributed by atoms with Crippen molar-refractivity contribution >= 4 is 27.4 Å². The van der Waals surface area contributed by atoms with Gasteiger partial charge in [0.1, 0.15) is 22.3 Å². The molecule has 4 rings (SSSR count). The van der Waals surface area contributed by atoms with Crippen LogP contribution in [0.25, 0.3) is 22.2 Å². The van der Waals surface area contributed by atoms with Crippen LogP contribution in [0.1, 0.15) is 20.9 Å². The van der Waals surface area contributed by atoms with Gasteiger partial charge in [-0.1, -0.05) is 22.1 Å². The number of rotatable bonds is 6. The highest BCUT2D eigenvalue weighted by atomic mass is 32.2. The Kier molecular flexibility index (Phi) is 5.69. The monoisotopic (exact) mass is 487 g/mol. The second-order valence-corrected chi connectivity index (χ2v) is 9.50. The highest BCUT2D eigenvalue weighted by molar-refractivity contribution is 7.85. The van der Waals surface area contributed by atoms with Crippen molar-refractivity contribution in [3.05, 3.63) is 58.6 Å². The van der Waals surface area contributed by atoms with Gasteiger partial charge in [-0.15, -0.1) is 4.98 Å². The minimum Gasteiger partial charge on any atom is -0.545 e. The summed E-state index contributed by atoms with van der Waals surface area (Å²) in [6.07, 6.45) is 0. The van der Waals surface area contributed by atoms with Crippen molar-refractivity contribution in [2.45, 2.75) is 18.7 Å². The average molecular weight is 488 g/mol. The average Bonchev–Trinajstić information content (AvgIpc) is 3.35. The first kappa shape index (κ1) is 22.5. The highest BCUT2D eigenvalue weighted by Crippen LogP contribution is 2.31. The molecule has 0 aliphatic carbocycles. The van der Waals surface area contributed by atoms with Crippen molar-refractivity contribution in [2.24, 2.45) is 0 Å². The molecule has 2 heterocycles. The van der Waals surface area contributed by atoms with Crippen molar-refractivity contribution in [1.82, 2.24) is 20.1 Å². The number of aryl methyl sites for hydroxylation is 2. The molecule has 11 nitrogen and oxygen atoms in total. The van der Waals surface area contributed by atoms with Crippen molar-refractivity contribution in [3.63, 3.8) is 0 Å². The van der Waals surface area contributed by atoms with Crippen LogP contribution >= 0.6 is 11.3 Å². The van der Waals surface area contributed by atoms with Gasteiger partial charge in [0.2, 0.25) is 0 Å². The molecule has 2 aromatic carbocycles. The lowest BCUT2D eigenvalue weighted by atomic mass is 10.1. The molecule has 0 amide bonds. The van der Waals surface area contributed by atoms with E-state index in [0.29, 0.717) is 16.4 Å². The van der Waals surface area contributed by atoms with E-state index in [0.717, 1.165) is 10.6 Å². The van der Waals surface area contributed by atoms with Crippen LogP contribution in [0.4, 0.5) is 0 Å². The predicted octanol–water partition coefficient (Wildman–Crippen LogP) is 0.903. The molecule has 0 bridgehead atoms. The molecule has 1 N–H and O–H groups in total. The molecule has 0 saturated carbocycles. The number of methoxy groups -OCH3 is 1.